The molecule has 0 aliphatic carbocycles. The summed E-state index contributed by atoms with van der Waals surface area (Å²) in [6.45, 7) is 0. The third-order valence-corrected chi connectivity index (χ3v) is 2.81. The van der Waals surface area contributed by atoms with Crippen LogP contribution in [0.5, 0.6) is 0 Å². The largest absolute Gasteiger partial charge is 0.481 e. The first kappa shape index (κ1) is 14.0. The predicted octanol–water partition coefficient (Wildman–Crippen LogP) is 3.41. The molecule has 0 fully saturated rings. The Balaban J connectivity index is 3.03. The smallest absolute Gasteiger partial charge is 0.303 e. The lowest BCUT2D eigenvalue weighted by Crippen LogP contribution is -2.06. The van der Waals surface area contributed by atoms with Crippen LogP contribution in [-0.2, 0) is 11.2 Å². The van der Waals surface area contributed by atoms with E-state index >= 15 is 0 Å². The topological polar surface area (TPSA) is 37.3 Å². The van der Waals surface area contributed by atoms with Crippen molar-refractivity contribution < 1.29 is 27.5 Å². The van der Waals surface area contributed by atoms with Gasteiger partial charge in [-0.2, -0.15) is 0 Å². The molecule has 17 heavy (non-hydrogen) atoms. The second-order valence-corrected chi connectivity index (χ2v) is 4.09. The standard InChI is InChI=1S/C10H7BrF4O2/c11-6-9(14)7(12)4(8(13)10(6)15)2-1-3-5(16)17/h1-3H2,(H,16,17). The molecule has 0 saturated carbocycles. The van der Waals surface area contributed by atoms with Gasteiger partial charge in [0.25, 0.3) is 0 Å². The Labute approximate surface area is 102 Å². The SMILES string of the molecule is O=C(O)CCCc1c(F)c(F)c(Br)c(F)c1F. The molecule has 0 saturated heterocycles. The number of halogens is 5. The van der Waals surface area contributed by atoms with E-state index < -0.39 is 39.3 Å². The van der Waals surface area contributed by atoms with Gasteiger partial charge < -0.3 is 5.11 Å². The maximum Gasteiger partial charge on any atom is 0.303 e. The molecule has 1 N–H and O–H groups in total. The Morgan fingerprint density at radius 3 is 1.94 bits per heavy atom. The van der Waals surface area contributed by atoms with Gasteiger partial charge in [-0.1, -0.05) is 0 Å². The molecule has 0 aromatic heterocycles. The molecule has 1 aromatic rings. The highest BCUT2D eigenvalue weighted by Crippen LogP contribution is 2.28. The number of carboxylic acids is 1. The van der Waals surface area contributed by atoms with Crippen LogP contribution in [0.2, 0.25) is 0 Å². The van der Waals surface area contributed by atoms with Crippen molar-refractivity contribution >= 4 is 21.9 Å². The summed E-state index contributed by atoms with van der Waals surface area (Å²) in [5.41, 5.74) is -0.774. The molecule has 0 atom stereocenters. The minimum Gasteiger partial charge on any atom is -0.481 e. The van der Waals surface area contributed by atoms with Crippen LogP contribution in [0, 0.1) is 23.3 Å². The summed E-state index contributed by atoms with van der Waals surface area (Å²) >= 11 is 2.38. The van der Waals surface area contributed by atoms with Crippen LogP contribution in [-0.4, -0.2) is 11.1 Å². The lowest BCUT2D eigenvalue weighted by Gasteiger charge is -2.08. The van der Waals surface area contributed by atoms with Gasteiger partial charge in [0, 0.05) is 12.0 Å². The number of carbonyl (C=O) groups is 1. The molecule has 1 aromatic carbocycles. The zero-order chi connectivity index (χ0) is 13.2. The van der Waals surface area contributed by atoms with Gasteiger partial charge in [0.15, 0.2) is 23.3 Å². The van der Waals surface area contributed by atoms with Crippen molar-refractivity contribution in [2.24, 2.45) is 0 Å². The molecule has 0 radical (unpaired) electrons. The van der Waals surface area contributed by atoms with E-state index in [1.54, 1.807) is 0 Å². The first-order chi connectivity index (χ1) is 7.86. The van der Waals surface area contributed by atoms with Crippen molar-refractivity contribution in [1.29, 1.82) is 0 Å². The van der Waals surface area contributed by atoms with E-state index in [0.29, 0.717) is 0 Å². The van der Waals surface area contributed by atoms with E-state index in [1.165, 1.54) is 0 Å². The molecule has 0 bridgehead atoms. The summed E-state index contributed by atoms with van der Waals surface area (Å²) in [6.07, 6.45) is -0.826. The summed E-state index contributed by atoms with van der Waals surface area (Å²) in [4.78, 5) is 10.2. The molecule has 1 rings (SSSR count). The monoisotopic (exact) mass is 314 g/mol. The van der Waals surface area contributed by atoms with Crippen molar-refractivity contribution in [1.82, 2.24) is 0 Å². The van der Waals surface area contributed by atoms with E-state index in [4.69, 9.17) is 5.11 Å². The fraction of sp³-hybridized carbons (Fsp3) is 0.300. The van der Waals surface area contributed by atoms with Crippen molar-refractivity contribution in [3.8, 4) is 0 Å². The second-order valence-electron chi connectivity index (χ2n) is 3.30. The van der Waals surface area contributed by atoms with Crippen molar-refractivity contribution in [3.63, 3.8) is 0 Å². The van der Waals surface area contributed by atoms with Gasteiger partial charge in [0.05, 0.1) is 4.47 Å². The van der Waals surface area contributed by atoms with Gasteiger partial charge in [0.1, 0.15) is 0 Å². The fourth-order valence-electron chi connectivity index (χ4n) is 1.29. The third kappa shape index (κ3) is 2.96. The zero-order valence-corrected chi connectivity index (χ0v) is 9.95. The number of rotatable bonds is 4. The van der Waals surface area contributed by atoms with E-state index in [9.17, 15) is 22.4 Å². The van der Waals surface area contributed by atoms with Gasteiger partial charge in [-0.3, -0.25) is 4.79 Å². The molecule has 0 amide bonds. The van der Waals surface area contributed by atoms with Crippen LogP contribution in [0.3, 0.4) is 0 Å². The summed E-state index contributed by atoms with van der Waals surface area (Å²) in [5, 5.41) is 8.34. The van der Waals surface area contributed by atoms with Crippen molar-refractivity contribution in [3.05, 3.63) is 33.3 Å². The van der Waals surface area contributed by atoms with E-state index in [2.05, 4.69) is 15.9 Å². The molecular weight excluding hydrogens is 308 g/mol. The van der Waals surface area contributed by atoms with Gasteiger partial charge >= 0.3 is 5.97 Å². The summed E-state index contributed by atoms with van der Waals surface area (Å²) in [7, 11) is 0. The lowest BCUT2D eigenvalue weighted by atomic mass is 10.1. The Bertz CT molecular complexity index is 433. The molecule has 7 heteroatoms. The number of hydrogen-bond donors (Lipinski definition) is 1. The Hall–Kier alpha value is -1.11. The van der Waals surface area contributed by atoms with Crippen LogP contribution >= 0.6 is 15.9 Å². The summed E-state index contributed by atoms with van der Waals surface area (Å²) < 4.78 is 51.8. The normalized spacial score (nSPS) is 10.6. The maximum atomic E-state index is 13.3. The van der Waals surface area contributed by atoms with Crippen LogP contribution < -0.4 is 0 Å². The predicted molar refractivity (Wildman–Crippen MR) is 54.5 cm³/mol. The highest BCUT2D eigenvalue weighted by molar-refractivity contribution is 9.10. The number of aliphatic carboxylic acids is 1. The van der Waals surface area contributed by atoms with Gasteiger partial charge in [-0.15, -0.1) is 0 Å². The van der Waals surface area contributed by atoms with Crippen molar-refractivity contribution in [2.45, 2.75) is 19.3 Å². The first-order valence-corrected chi connectivity index (χ1v) is 5.37. The van der Waals surface area contributed by atoms with Gasteiger partial charge in [0.2, 0.25) is 0 Å². The molecule has 0 aliphatic rings. The highest BCUT2D eigenvalue weighted by Gasteiger charge is 2.23. The van der Waals surface area contributed by atoms with Crippen LogP contribution in [0.1, 0.15) is 18.4 Å². The van der Waals surface area contributed by atoms with E-state index in [-0.39, 0.29) is 19.3 Å². The Morgan fingerprint density at radius 2 is 1.53 bits per heavy atom. The molecule has 0 aliphatic heterocycles. The molecule has 0 spiro atoms. The lowest BCUT2D eigenvalue weighted by molar-refractivity contribution is -0.137. The molecule has 0 unspecified atom stereocenters. The van der Waals surface area contributed by atoms with Gasteiger partial charge in [-0.25, -0.2) is 17.6 Å². The molecule has 0 heterocycles. The quantitative estimate of drug-likeness (QED) is 0.525. The molecular formula is C10H7BrF4O2. The first-order valence-electron chi connectivity index (χ1n) is 4.58. The third-order valence-electron chi connectivity index (χ3n) is 2.12. The molecule has 94 valence electrons. The highest BCUT2D eigenvalue weighted by atomic mass is 79.9. The van der Waals surface area contributed by atoms with E-state index in [0.717, 1.165) is 0 Å². The van der Waals surface area contributed by atoms with Crippen molar-refractivity contribution in [2.75, 3.05) is 0 Å². The number of carboxylic acid groups (broad SMARTS) is 1. The van der Waals surface area contributed by atoms with E-state index in [1.807, 2.05) is 0 Å². The van der Waals surface area contributed by atoms with Crippen LogP contribution in [0.25, 0.3) is 0 Å². The average molecular weight is 315 g/mol. The Kier molecular flexibility index (Phi) is 4.50. The zero-order valence-electron chi connectivity index (χ0n) is 8.37. The number of hydrogen-bond acceptors (Lipinski definition) is 1. The fourth-order valence-corrected chi connectivity index (χ4v) is 1.63. The minimum absolute atomic E-state index is 0.107. The molecule has 2 nitrogen and oxygen atoms in total. The summed E-state index contributed by atoms with van der Waals surface area (Å²) in [6, 6.07) is 0. The maximum absolute atomic E-state index is 13.3. The van der Waals surface area contributed by atoms with Crippen LogP contribution in [0.15, 0.2) is 4.47 Å². The average Bonchev–Trinajstić information content (AvgIpc) is 2.28. The van der Waals surface area contributed by atoms with Crippen LogP contribution in [0.4, 0.5) is 17.6 Å². The van der Waals surface area contributed by atoms with Gasteiger partial charge in [-0.05, 0) is 28.8 Å². The second kappa shape index (κ2) is 5.48. The Morgan fingerprint density at radius 1 is 1.06 bits per heavy atom. The number of benzene rings is 1. The minimum atomic E-state index is -1.52. The summed E-state index contributed by atoms with van der Waals surface area (Å²) in [5.74, 6) is -7.19.